The van der Waals surface area contributed by atoms with Crippen molar-refractivity contribution in [3.63, 3.8) is 0 Å². The van der Waals surface area contributed by atoms with E-state index in [1.807, 2.05) is 26.0 Å². The molecule has 2 aromatic carbocycles. The molecule has 2 heterocycles. The molecule has 0 unspecified atom stereocenters. The molecule has 0 saturated carbocycles. The Kier molecular flexibility index (Phi) is 6.53. The number of nitrogens with zero attached hydrogens (tertiary/aromatic N) is 3. The highest BCUT2D eigenvalue weighted by Crippen LogP contribution is 2.30. The average Bonchev–Trinajstić information content (AvgIpc) is 2.78. The third-order valence-corrected chi connectivity index (χ3v) is 7.05. The Morgan fingerprint density at radius 3 is 2.48 bits per heavy atom. The fraction of sp³-hybridized carbons (Fsp3) is 0.250. The number of fused-ring (bicyclic) bond motifs is 1. The first kappa shape index (κ1) is 23.0. The lowest BCUT2D eigenvalue weighted by Gasteiger charge is -2.34. The van der Waals surface area contributed by atoms with Gasteiger partial charge in [-0.25, -0.2) is 22.2 Å². The number of allylic oxidation sites excluding steroid dienone is 1. The van der Waals surface area contributed by atoms with Crippen LogP contribution >= 0.6 is 0 Å². The minimum atomic E-state index is -3.86. The summed E-state index contributed by atoms with van der Waals surface area (Å²) < 4.78 is 55.6. The number of aromatic nitrogens is 2. The molecule has 1 aliphatic rings. The third kappa shape index (κ3) is 5.26. The second-order valence-electron chi connectivity index (χ2n) is 7.96. The first-order valence-corrected chi connectivity index (χ1v) is 12.0. The van der Waals surface area contributed by atoms with Gasteiger partial charge < -0.3 is 0 Å². The lowest BCUT2D eigenvalue weighted by atomic mass is 9.97. The van der Waals surface area contributed by atoms with Crippen LogP contribution in [0.3, 0.4) is 0 Å². The first-order valence-electron chi connectivity index (χ1n) is 10.5. The van der Waals surface area contributed by atoms with Crippen LogP contribution in [0.1, 0.15) is 42.3 Å². The Balaban J connectivity index is 1.54. The Bertz CT molecular complexity index is 1270. The van der Waals surface area contributed by atoms with E-state index in [-0.39, 0.29) is 16.8 Å². The third-order valence-electron chi connectivity index (χ3n) is 5.69. The summed E-state index contributed by atoms with van der Waals surface area (Å²) in [6.07, 6.45) is 7.14. The fourth-order valence-corrected chi connectivity index (χ4v) is 4.97. The summed E-state index contributed by atoms with van der Waals surface area (Å²) in [6, 6.07) is 8.31. The van der Waals surface area contributed by atoms with Gasteiger partial charge in [0.2, 0.25) is 0 Å². The molecule has 172 valence electrons. The standard InChI is InChI=1S/C24H24F2N4O2S/c1-3-4-22-13-28-24(14-27-22)29-33(31,32)23-6-5-17-7-8-30(15-19(17)11-23)16(2)18-9-20(25)12-21(26)10-18/h3-6,9-14,16H,7-8,15H2,1-2H3,(H,28,29)/b4-3+/t16-/m1/s1. The summed E-state index contributed by atoms with van der Waals surface area (Å²) in [5.74, 6) is -1.10. The zero-order valence-corrected chi connectivity index (χ0v) is 19.1. The number of rotatable bonds is 6. The highest BCUT2D eigenvalue weighted by atomic mass is 32.2. The van der Waals surface area contributed by atoms with E-state index in [1.165, 1.54) is 24.5 Å². The first-order chi connectivity index (χ1) is 15.7. The number of benzene rings is 2. The predicted octanol–water partition coefficient (Wildman–Crippen LogP) is 4.71. The van der Waals surface area contributed by atoms with Crippen LogP contribution in [-0.4, -0.2) is 29.8 Å². The van der Waals surface area contributed by atoms with Gasteiger partial charge >= 0.3 is 0 Å². The molecule has 4 rings (SSSR count). The van der Waals surface area contributed by atoms with Gasteiger partial charge in [0.15, 0.2) is 5.82 Å². The molecule has 0 saturated heterocycles. The molecule has 1 N–H and O–H groups in total. The molecule has 0 fully saturated rings. The number of hydrogen-bond donors (Lipinski definition) is 1. The Hall–Kier alpha value is -3.17. The molecular weight excluding hydrogens is 446 g/mol. The molecule has 9 heteroatoms. The SMILES string of the molecule is C/C=C/c1cnc(NS(=O)(=O)c2ccc3c(c2)CN([C@H](C)c2cc(F)cc(F)c2)CC3)cn1. The van der Waals surface area contributed by atoms with Gasteiger partial charge in [0.1, 0.15) is 11.6 Å². The van der Waals surface area contributed by atoms with Crippen LogP contribution in [-0.2, 0) is 23.0 Å². The van der Waals surface area contributed by atoms with Gasteiger partial charge in [-0.3, -0.25) is 14.6 Å². The number of sulfonamides is 1. The van der Waals surface area contributed by atoms with Crippen LogP contribution in [0.2, 0.25) is 0 Å². The minimum absolute atomic E-state index is 0.117. The van der Waals surface area contributed by atoms with Gasteiger partial charge in [-0.05, 0) is 67.3 Å². The van der Waals surface area contributed by atoms with Crippen LogP contribution in [0.15, 0.2) is 59.8 Å². The van der Waals surface area contributed by atoms with Crippen molar-refractivity contribution in [2.24, 2.45) is 0 Å². The van der Waals surface area contributed by atoms with E-state index in [0.717, 1.165) is 17.2 Å². The smallest absolute Gasteiger partial charge is 0.263 e. The van der Waals surface area contributed by atoms with Crippen LogP contribution in [0, 0.1) is 11.6 Å². The normalized spacial score (nSPS) is 15.4. The second-order valence-corrected chi connectivity index (χ2v) is 9.64. The largest absolute Gasteiger partial charge is 0.292 e. The van der Waals surface area contributed by atoms with Gasteiger partial charge in [-0.1, -0.05) is 12.1 Å². The molecule has 0 bridgehead atoms. The van der Waals surface area contributed by atoms with Crippen molar-refractivity contribution < 1.29 is 17.2 Å². The Morgan fingerprint density at radius 1 is 1.06 bits per heavy atom. The quantitative estimate of drug-likeness (QED) is 0.565. The molecule has 6 nitrogen and oxygen atoms in total. The summed E-state index contributed by atoms with van der Waals surface area (Å²) in [6.45, 7) is 4.91. The van der Waals surface area contributed by atoms with E-state index >= 15 is 0 Å². The molecule has 1 atom stereocenters. The van der Waals surface area contributed by atoms with Crippen molar-refractivity contribution in [1.29, 1.82) is 0 Å². The topological polar surface area (TPSA) is 75.2 Å². The van der Waals surface area contributed by atoms with Gasteiger partial charge in [0.25, 0.3) is 10.0 Å². The Morgan fingerprint density at radius 2 is 1.82 bits per heavy atom. The molecule has 0 amide bonds. The second kappa shape index (κ2) is 9.36. The summed E-state index contributed by atoms with van der Waals surface area (Å²) in [5.41, 5.74) is 3.09. The monoisotopic (exact) mass is 470 g/mol. The van der Waals surface area contributed by atoms with Crippen molar-refractivity contribution in [2.45, 2.75) is 37.8 Å². The van der Waals surface area contributed by atoms with Crippen molar-refractivity contribution >= 4 is 21.9 Å². The van der Waals surface area contributed by atoms with E-state index in [4.69, 9.17) is 0 Å². The van der Waals surface area contributed by atoms with E-state index in [2.05, 4.69) is 19.6 Å². The zero-order chi connectivity index (χ0) is 23.6. The lowest BCUT2D eigenvalue weighted by Crippen LogP contribution is -2.33. The molecule has 3 aromatic rings. The highest BCUT2D eigenvalue weighted by Gasteiger charge is 2.25. The fourth-order valence-electron chi connectivity index (χ4n) is 3.92. The molecule has 0 radical (unpaired) electrons. The van der Waals surface area contributed by atoms with E-state index in [1.54, 1.807) is 18.2 Å². The molecule has 0 aliphatic carbocycles. The maximum absolute atomic E-state index is 13.7. The van der Waals surface area contributed by atoms with Gasteiger partial charge in [-0.15, -0.1) is 0 Å². The predicted molar refractivity (Wildman–Crippen MR) is 123 cm³/mol. The summed E-state index contributed by atoms with van der Waals surface area (Å²) in [4.78, 5) is 10.4. The number of hydrogen-bond acceptors (Lipinski definition) is 5. The van der Waals surface area contributed by atoms with E-state index < -0.39 is 21.7 Å². The Labute approximate surface area is 192 Å². The molecule has 0 spiro atoms. The summed E-state index contributed by atoms with van der Waals surface area (Å²) >= 11 is 0. The van der Waals surface area contributed by atoms with Crippen molar-refractivity contribution in [2.75, 3.05) is 11.3 Å². The van der Waals surface area contributed by atoms with Crippen LogP contribution in [0.25, 0.3) is 6.08 Å². The molecule has 33 heavy (non-hydrogen) atoms. The summed E-state index contributed by atoms with van der Waals surface area (Å²) in [7, 11) is -3.86. The van der Waals surface area contributed by atoms with Crippen molar-refractivity contribution in [1.82, 2.24) is 14.9 Å². The summed E-state index contributed by atoms with van der Waals surface area (Å²) in [5, 5.41) is 0. The maximum atomic E-state index is 13.7. The maximum Gasteiger partial charge on any atom is 0.263 e. The van der Waals surface area contributed by atoms with Gasteiger partial charge in [0, 0.05) is 25.2 Å². The van der Waals surface area contributed by atoms with Crippen molar-refractivity contribution in [3.05, 3.63) is 88.9 Å². The van der Waals surface area contributed by atoms with Crippen LogP contribution in [0.4, 0.5) is 14.6 Å². The number of anilines is 1. The zero-order valence-electron chi connectivity index (χ0n) is 18.3. The number of nitrogens with one attached hydrogen (secondary N) is 1. The van der Waals surface area contributed by atoms with Gasteiger partial charge in [0.05, 0.1) is 23.0 Å². The minimum Gasteiger partial charge on any atom is -0.292 e. The van der Waals surface area contributed by atoms with E-state index in [0.29, 0.717) is 30.8 Å². The van der Waals surface area contributed by atoms with Gasteiger partial charge in [-0.2, -0.15) is 0 Å². The van der Waals surface area contributed by atoms with Crippen LogP contribution in [0.5, 0.6) is 0 Å². The molecule has 1 aliphatic heterocycles. The molecular formula is C24H24F2N4O2S. The average molecular weight is 471 g/mol. The molecule has 1 aromatic heterocycles. The highest BCUT2D eigenvalue weighted by molar-refractivity contribution is 7.92. The van der Waals surface area contributed by atoms with Crippen LogP contribution < -0.4 is 4.72 Å². The van der Waals surface area contributed by atoms with Crippen molar-refractivity contribution in [3.8, 4) is 0 Å². The lowest BCUT2D eigenvalue weighted by molar-refractivity contribution is 0.191. The number of halogens is 2. The van der Waals surface area contributed by atoms with E-state index in [9.17, 15) is 17.2 Å².